The van der Waals surface area contributed by atoms with Crippen molar-refractivity contribution in [1.82, 2.24) is 9.80 Å². The quantitative estimate of drug-likeness (QED) is 0.823. The van der Waals surface area contributed by atoms with Crippen LogP contribution in [0.15, 0.2) is 0 Å². The summed E-state index contributed by atoms with van der Waals surface area (Å²) in [5.74, 6) is 0.980. The van der Waals surface area contributed by atoms with Crippen LogP contribution in [0.2, 0.25) is 0 Å². The standard InChI is InChI=1S/C22H36N2O2/c1-3-19-10-17-11-21(13-19,15-22(26,12-17)14-19)18(25)24-9-6-20(16-24)4-7-23(2)8-5-20/h17,26H,3-16H2,1-2H3. The molecule has 1 amide bonds. The molecule has 4 bridgehead atoms. The summed E-state index contributed by atoms with van der Waals surface area (Å²) >= 11 is 0. The third kappa shape index (κ3) is 2.51. The molecule has 26 heavy (non-hydrogen) atoms. The first-order valence-corrected chi connectivity index (χ1v) is 11.0. The smallest absolute Gasteiger partial charge is 0.228 e. The van der Waals surface area contributed by atoms with Crippen molar-refractivity contribution in [1.29, 1.82) is 0 Å². The minimum Gasteiger partial charge on any atom is -0.390 e. The first-order valence-electron chi connectivity index (χ1n) is 11.0. The van der Waals surface area contributed by atoms with E-state index in [0.29, 0.717) is 17.2 Å². The molecule has 2 saturated heterocycles. The van der Waals surface area contributed by atoms with Crippen LogP contribution in [0.1, 0.15) is 71.1 Å². The lowest BCUT2D eigenvalue weighted by Crippen LogP contribution is -2.64. The molecule has 6 rings (SSSR count). The van der Waals surface area contributed by atoms with E-state index in [4.69, 9.17) is 0 Å². The molecule has 4 heteroatoms. The van der Waals surface area contributed by atoms with Gasteiger partial charge in [-0.1, -0.05) is 13.3 Å². The highest BCUT2D eigenvalue weighted by molar-refractivity contribution is 5.84. The Morgan fingerprint density at radius 3 is 2.46 bits per heavy atom. The maximum absolute atomic E-state index is 13.8. The number of rotatable bonds is 2. The van der Waals surface area contributed by atoms with E-state index in [1.54, 1.807) is 0 Å². The molecule has 0 aromatic heterocycles. The molecule has 4 aliphatic carbocycles. The Morgan fingerprint density at radius 1 is 1.04 bits per heavy atom. The zero-order valence-corrected chi connectivity index (χ0v) is 16.7. The minimum absolute atomic E-state index is 0.231. The van der Waals surface area contributed by atoms with Gasteiger partial charge in [0.1, 0.15) is 0 Å². The van der Waals surface area contributed by atoms with Gasteiger partial charge in [0, 0.05) is 13.1 Å². The first kappa shape index (κ1) is 17.5. The summed E-state index contributed by atoms with van der Waals surface area (Å²) in [6.45, 7) is 6.55. The fraction of sp³-hybridized carbons (Fsp3) is 0.955. The number of hydrogen-bond acceptors (Lipinski definition) is 3. The zero-order chi connectivity index (χ0) is 18.2. The van der Waals surface area contributed by atoms with Gasteiger partial charge < -0.3 is 14.9 Å². The van der Waals surface area contributed by atoms with Gasteiger partial charge in [-0.25, -0.2) is 0 Å². The van der Waals surface area contributed by atoms with E-state index in [9.17, 15) is 9.90 Å². The van der Waals surface area contributed by atoms with E-state index in [-0.39, 0.29) is 10.8 Å². The minimum atomic E-state index is -0.559. The number of piperidine rings is 1. The van der Waals surface area contributed by atoms with Crippen LogP contribution in [-0.4, -0.2) is 59.6 Å². The van der Waals surface area contributed by atoms with Gasteiger partial charge in [-0.3, -0.25) is 4.79 Å². The number of carbonyl (C=O) groups excluding carboxylic acids is 1. The molecule has 1 N–H and O–H groups in total. The van der Waals surface area contributed by atoms with Crippen LogP contribution >= 0.6 is 0 Å². The molecule has 0 aromatic rings. The monoisotopic (exact) mass is 360 g/mol. The molecule has 4 nitrogen and oxygen atoms in total. The lowest BCUT2D eigenvalue weighted by Gasteiger charge is -2.64. The molecule has 146 valence electrons. The fourth-order valence-electron chi connectivity index (χ4n) is 8.16. The van der Waals surface area contributed by atoms with Crippen LogP contribution in [-0.2, 0) is 4.79 Å². The van der Waals surface area contributed by atoms with Crippen LogP contribution in [0.25, 0.3) is 0 Å². The van der Waals surface area contributed by atoms with Gasteiger partial charge in [0.05, 0.1) is 11.0 Å². The summed E-state index contributed by atoms with van der Waals surface area (Å²) in [4.78, 5) is 18.4. The van der Waals surface area contributed by atoms with Crippen LogP contribution in [0.3, 0.4) is 0 Å². The van der Waals surface area contributed by atoms with E-state index < -0.39 is 5.60 Å². The number of nitrogens with zero attached hydrogens (tertiary/aromatic N) is 2. The fourth-order valence-corrected chi connectivity index (χ4v) is 8.16. The van der Waals surface area contributed by atoms with E-state index in [1.165, 1.54) is 38.8 Å². The number of hydrogen-bond donors (Lipinski definition) is 1. The normalized spacial score (nSPS) is 47.0. The van der Waals surface area contributed by atoms with Crippen LogP contribution in [0.5, 0.6) is 0 Å². The molecule has 4 unspecified atom stereocenters. The highest BCUT2D eigenvalue weighted by Gasteiger charge is 2.65. The van der Waals surface area contributed by atoms with Crippen molar-refractivity contribution in [2.75, 3.05) is 33.2 Å². The molecule has 6 fully saturated rings. The van der Waals surface area contributed by atoms with Crippen molar-refractivity contribution in [3.63, 3.8) is 0 Å². The van der Waals surface area contributed by atoms with Crippen molar-refractivity contribution in [3.05, 3.63) is 0 Å². The Labute approximate surface area is 158 Å². The lowest BCUT2D eigenvalue weighted by molar-refractivity contribution is -0.209. The van der Waals surface area contributed by atoms with Crippen molar-refractivity contribution in [2.45, 2.75) is 76.7 Å². The Kier molecular flexibility index (Phi) is 3.68. The second-order valence-corrected chi connectivity index (χ2v) is 11.1. The number of amides is 1. The van der Waals surface area contributed by atoms with Gasteiger partial charge >= 0.3 is 0 Å². The average molecular weight is 361 g/mol. The maximum Gasteiger partial charge on any atom is 0.228 e. The van der Waals surface area contributed by atoms with E-state index in [0.717, 1.165) is 51.6 Å². The van der Waals surface area contributed by atoms with E-state index in [1.807, 2.05) is 0 Å². The number of carbonyl (C=O) groups is 1. The highest BCUT2D eigenvalue weighted by Crippen LogP contribution is 2.68. The van der Waals surface area contributed by atoms with Crippen molar-refractivity contribution >= 4 is 5.91 Å². The molecule has 0 radical (unpaired) electrons. The molecule has 1 spiro atoms. The average Bonchev–Trinajstić information content (AvgIpc) is 2.99. The third-order valence-electron chi connectivity index (χ3n) is 9.13. The Bertz CT molecular complexity index is 613. The third-order valence-corrected chi connectivity index (χ3v) is 9.13. The molecule has 4 atom stereocenters. The van der Waals surface area contributed by atoms with E-state index >= 15 is 0 Å². The van der Waals surface area contributed by atoms with Crippen molar-refractivity contribution in [3.8, 4) is 0 Å². The Balaban J connectivity index is 1.37. The summed E-state index contributed by atoms with van der Waals surface area (Å²) < 4.78 is 0. The van der Waals surface area contributed by atoms with Crippen LogP contribution in [0.4, 0.5) is 0 Å². The molecule has 4 saturated carbocycles. The summed E-state index contributed by atoms with van der Waals surface area (Å²) in [5, 5.41) is 11.3. The van der Waals surface area contributed by atoms with Crippen molar-refractivity contribution in [2.24, 2.45) is 22.2 Å². The second-order valence-electron chi connectivity index (χ2n) is 11.1. The zero-order valence-electron chi connectivity index (χ0n) is 16.7. The second kappa shape index (κ2) is 5.47. The van der Waals surface area contributed by atoms with Crippen molar-refractivity contribution < 1.29 is 9.90 Å². The van der Waals surface area contributed by atoms with E-state index in [2.05, 4.69) is 23.8 Å². The molecular weight excluding hydrogens is 324 g/mol. The van der Waals surface area contributed by atoms with Gasteiger partial charge in [0.15, 0.2) is 0 Å². The summed E-state index contributed by atoms with van der Waals surface area (Å²) in [5.41, 5.74) is -0.199. The van der Waals surface area contributed by atoms with Gasteiger partial charge in [-0.05, 0) is 94.7 Å². The number of aliphatic hydroxyl groups is 1. The summed E-state index contributed by atoms with van der Waals surface area (Å²) in [6.07, 6.45) is 10.8. The molecule has 0 aromatic carbocycles. The highest BCUT2D eigenvalue weighted by atomic mass is 16.3. The Hall–Kier alpha value is -0.610. The lowest BCUT2D eigenvalue weighted by atomic mass is 9.42. The first-order chi connectivity index (χ1) is 12.3. The van der Waals surface area contributed by atoms with Crippen LogP contribution in [0, 0.1) is 22.2 Å². The molecular formula is C22H36N2O2. The molecule has 2 aliphatic heterocycles. The predicted molar refractivity (Wildman–Crippen MR) is 102 cm³/mol. The SMILES string of the molecule is CCC12CC3CC(O)(C1)CC(C(=O)N1CCC4(CCN(C)CC4)C1)(C3)C2. The maximum atomic E-state index is 13.8. The topological polar surface area (TPSA) is 43.8 Å². The van der Waals surface area contributed by atoms with Gasteiger partial charge in [0.25, 0.3) is 0 Å². The van der Waals surface area contributed by atoms with Crippen LogP contribution < -0.4 is 0 Å². The summed E-state index contributed by atoms with van der Waals surface area (Å²) in [7, 11) is 2.21. The molecule has 2 heterocycles. The van der Waals surface area contributed by atoms with Gasteiger partial charge in [0.2, 0.25) is 5.91 Å². The predicted octanol–water partition coefficient (Wildman–Crippen LogP) is 3.04. The van der Waals surface area contributed by atoms with Gasteiger partial charge in [-0.2, -0.15) is 0 Å². The summed E-state index contributed by atoms with van der Waals surface area (Å²) in [6, 6.07) is 0. The number of likely N-dealkylation sites (tertiary alicyclic amines) is 2. The Morgan fingerprint density at radius 2 is 1.77 bits per heavy atom. The molecule has 6 aliphatic rings. The largest absolute Gasteiger partial charge is 0.390 e. The van der Waals surface area contributed by atoms with Gasteiger partial charge in [-0.15, -0.1) is 0 Å².